The van der Waals surface area contributed by atoms with E-state index in [1.54, 1.807) is 23.3 Å². The minimum Gasteiger partial charge on any atom is -0.374 e. The third-order valence-electron chi connectivity index (χ3n) is 2.42. The third kappa shape index (κ3) is 2.18. The van der Waals surface area contributed by atoms with E-state index in [1.165, 1.54) is 0 Å². The molecule has 84 valence electrons. The largest absolute Gasteiger partial charge is 0.374 e. The van der Waals surface area contributed by atoms with Crippen molar-refractivity contribution in [3.05, 3.63) is 36.2 Å². The van der Waals surface area contributed by atoms with Gasteiger partial charge in [0.05, 0.1) is 29.3 Å². The van der Waals surface area contributed by atoms with Crippen LogP contribution in [0.2, 0.25) is 0 Å². The molecule has 5 nitrogen and oxygen atoms in total. The number of nitrogens with zero attached hydrogens (tertiary/aromatic N) is 4. The molecule has 2 aromatic heterocycles. The Morgan fingerprint density at radius 3 is 2.69 bits per heavy atom. The van der Waals surface area contributed by atoms with Crippen LogP contribution in [0.25, 0.3) is 0 Å². The lowest BCUT2D eigenvalue weighted by Gasteiger charge is -2.14. The van der Waals surface area contributed by atoms with E-state index in [2.05, 4.69) is 27.3 Å². The average molecular weight is 217 g/mol. The zero-order chi connectivity index (χ0) is 11.5. The van der Waals surface area contributed by atoms with Crippen molar-refractivity contribution in [2.24, 2.45) is 7.05 Å². The minimum absolute atomic E-state index is 0.123. The molecule has 0 aromatic carbocycles. The molecule has 2 aromatic rings. The van der Waals surface area contributed by atoms with Crippen LogP contribution in [0.15, 0.2) is 24.8 Å². The number of rotatable bonds is 3. The van der Waals surface area contributed by atoms with Crippen LogP contribution in [0.5, 0.6) is 0 Å². The number of hydrogen-bond acceptors (Lipinski definition) is 4. The molecular weight excluding hydrogens is 202 g/mol. The van der Waals surface area contributed by atoms with Crippen LogP contribution in [0, 0.1) is 6.92 Å². The van der Waals surface area contributed by atoms with E-state index >= 15 is 0 Å². The molecule has 0 aliphatic rings. The van der Waals surface area contributed by atoms with Gasteiger partial charge in [-0.2, -0.15) is 5.10 Å². The second-order valence-corrected chi connectivity index (χ2v) is 3.80. The summed E-state index contributed by atoms with van der Waals surface area (Å²) in [7, 11) is 1.89. The van der Waals surface area contributed by atoms with E-state index in [1.807, 2.05) is 20.2 Å². The molecule has 1 atom stereocenters. The number of anilines is 1. The number of nitrogens with one attached hydrogen (secondary N) is 1. The van der Waals surface area contributed by atoms with Gasteiger partial charge in [-0.15, -0.1) is 0 Å². The maximum absolute atomic E-state index is 4.33. The highest BCUT2D eigenvalue weighted by Gasteiger charge is 2.10. The Hall–Kier alpha value is -1.91. The molecule has 0 saturated heterocycles. The first-order chi connectivity index (χ1) is 7.66. The molecule has 5 heteroatoms. The van der Waals surface area contributed by atoms with Gasteiger partial charge >= 0.3 is 0 Å². The molecule has 0 radical (unpaired) electrons. The molecule has 0 aliphatic heterocycles. The van der Waals surface area contributed by atoms with Gasteiger partial charge in [-0.1, -0.05) is 0 Å². The van der Waals surface area contributed by atoms with Crippen molar-refractivity contribution in [1.82, 2.24) is 19.7 Å². The first kappa shape index (κ1) is 10.6. The van der Waals surface area contributed by atoms with Crippen molar-refractivity contribution in [2.75, 3.05) is 5.32 Å². The molecule has 2 heterocycles. The first-order valence-corrected chi connectivity index (χ1v) is 5.19. The fourth-order valence-corrected chi connectivity index (χ4v) is 1.66. The maximum atomic E-state index is 4.33. The van der Waals surface area contributed by atoms with Crippen molar-refractivity contribution < 1.29 is 0 Å². The Kier molecular flexibility index (Phi) is 2.85. The van der Waals surface area contributed by atoms with Crippen molar-refractivity contribution in [2.45, 2.75) is 19.9 Å². The fraction of sp³-hybridized carbons (Fsp3) is 0.364. The predicted molar refractivity (Wildman–Crippen MR) is 62.0 cm³/mol. The van der Waals surface area contributed by atoms with Crippen LogP contribution < -0.4 is 5.32 Å². The standard InChI is InChI=1S/C11H15N5/c1-8-11(13-5-4-12-8)9(2)15-10-6-14-16(3)7-10/h4-7,9,15H,1-3H3. The number of aromatic nitrogens is 4. The number of hydrogen-bond donors (Lipinski definition) is 1. The summed E-state index contributed by atoms with van der Waals surface area (Å²) in [4.78, 5) is 8.55. The summed E-state index contributed by atoms with van der Waals surface area (Å²) in [5.74, 6) is 0. The summed E-state index contributed by atoms with van der Waals surface area (Å²) < 4.78 is 1.76. The quantitative estimate of drug-likeness (QED) is 0.850. The predicted octanol–water partition coefficient (Wildman–Crippen LogP) is 1.69. The molecule has 0 bridgehead atoms. The zero-order valence-corrected chi connectivity index (χ0v) is 9.68. The fourth-order valence-electron chi connectivity index (χ4n) is 1.66. The van der Waals surface area contributed by atoms with Crippen LogP contribution in [-0.2, 0) is 7.05 Å². The minimum atomic E-state index is 0.123. The van der Waals surface area contributed by atoms with E-state index in [9.17, 15) is 0 Å². The molecule has 0 aliphatic carbocycles. The molecule has 1 unspecified atom stereocenters. The molecule has 2 rings (SSSR count). The highest BCUT2D eigenvalue weighted by atomic mass is 15.3. The highest BCUT2D eigenvalue weighted by Crippen LogP contribution is 2.17. The molecule has 0 spiro atoms. The molecular formula is C11H15N5. The molecule has 0 amide bonds. The Labute approximate surface area is 94.5 Å². The summed E-state index contributed by atoms with van der Waals surface area (Å²) in [5, 5.41) is 7.44. The van der Waals surface area contributed by atoms with Crippen LogP contribution >= 0.6 is 0 Å². The summed E-state index contributed by atoms with van der Waals surface area (Å²) in [6.45, 7) is 4.02. The average Bonchev–Trinajstić information content (AvgIpc) is 2.64. The van der Waals surface area contributed by atoms with Gasteiger partial charge in [0, 0.05) is 25.6 Å². The van der Waals surface area contributed by atoms with Crippen LogP contribution in [0.1, 0.15) is 24.4 Å². The second kappa shape index (κ2) is 4.30. The molecule has 0 saturated carbocycles. The van der Waals surface area contributed by atoms with Gasteiger partial charge in [0.2, 0.25) is 0 Å². The Balaban J connectivity index is 2.14. The SMILES string of the molecule is Cc1nccnc1C(C)Nc1cnn(C)c1. The van der Waals surface area contributed by atoms with E-state index in [0.717, 1.165) is 17.1 Å². The lowest BCUT2D eigenvalue weighted by atomic mass is 10.2. The van der Waals surface area contributed by atoms with Gasteiger partial charge < -0.3 is 5.32 Å². The summed E-state index contributed by atoms with van der Waals surface area (Å²) in [6, 6.07) is 0.123. The molecule has 1 N–H and O–H groups in total. The van der Waals surface area contributed by atoms with Crippen molar-refractivity contribution in [3.8, 4) is 0 Å². The first-order valence-electron chi connectivity index (χ1n) is 5.19. The highest BCUT2D eigenvalue weighted by molar-refractivity contribution is 5.40. The van der Waals surface area contributed by atoms with Gasteiger partial charge in [0.15, 0.2) is 0 Å². The van der Waals surface area contributed by atoms with E-state index in [4.69, 9.17) is 0 Å². The Morgan fingerprint density at radius 1 is 1.31 bits per heavy atom. The van der Waals surface area contributed by atoms with Crippen LogP contribution in [0.3, 0.4) is 0 Å². The Bertz CT molecular complexity index is 477. The maximum Gasteiger partial charge on any atom is 0.0835 e. The van der Waals surface area contributed by atoms with Gasteiger partial charge in [-0.05, 0) is 13.8 Å². The lowest BCUT2D eigenvalue weighted by Crippen LogP contribution is -2.10. The topological polar surface area (TPSA) is 55.6 Å². The molecule has 0 fully saturated rings. The van der Waals surface area contributed by atoms with Gasteiger partial charge in [-0.25, -0.2) is 0 Å². The number of aryl methyl sites for hydroxylation is 2. The summed E-state index contributed by atoms with van der Waals surface area (Å²) >= 11 is 0. The van der Waals surface area contributed by atoms with Gasteiger partial charge in [0.1, 0.15) is 0 Å². The smallest absolute Gasteiger partial charge is 0.0835 e. The lowest BCUT2D eigenvalue weighted by molar-refractivity contribution is 0.767. The van der Waals surface area contributed by atoms with E-state index in [0.29, 0.717) is 0 Å². The zero-order valence-electron chi connectivity index (χ0n) is 9.68. The monoisotopic (exact) mass is 217 g/mol. The van der Waals surface area contributed by atoms with Crippen molar-refractivity contribution in [3.63, 3.8) is 0 Å². The van der Waals surface area contributed by atoms with Crippen molar-refractivity contribution >= 4 is 5.69 Å². The second-order valence-electron chi connectivity index (χ2n) is 3.80. The van der Waals surface area contributed by atoms with Crippen LogP contribution in [-0.4, -0.2) is 19.7 Å². The molecule has 16 heavy (non-hydrogen) atoms. The van der Waals surface area contributed by atoms with Gasteiger partial charge in [0.25, 0.3) is 0 Å². The van der Waals surface area contributed by atoms with Crippen molar-refractivity contribution in [1.29, 1.82) is 0 Å². The van der Waals surface area contributed by atoms with E-state index < -0.39 is 0 Å². The normalized spacial score (nSPS) is 12.4. The summed E-state index contributed by atoms with van der Waals surface area (Å²) in [5.41, 5.74) is 2.90. The van der Waals surface area contributed by atoms with Gasteiger partial charge in [-0.3, -0.25) is 14.6 Å². The third-order valence-corrected chi connectivity index (χ3v) is 2.42. The summed E-state index contributed by atoms with van der Waals surface area (Å²) in [6.07, 6.45) is 7.14. The van der Waals surface area contributed by atoms with Crippen LogP contribution in [0.4, 0.5) is 5.69 Å². The Morgan fingerprint density at radius 2 is 2.06 bits per heavy atom. The van der Waals surface area contributed by atoms with E-state index in [-0.39, 0.29) is 6.04 Å².